The Morgan fingerprint density at radius 1 is 1.21 bits per heavy atom. The average molecular weight is 323 g/mol. The van der Waals surface area contributed by atoms with Gasteiger partial charge < -0.3 is 4.74 Å². The molecule has 2 aliphatic rings. The molecule has 2 aromatic rings. The van der Waals surface area contributed by atoms with Crippen LogP contribution in [0.1, 0.15) is 55.4 Å². The van der Waals surface area contributed by atoms with E-state index in [2.05, 4.69) is 59.2 Å². The van der Waals surface area contributed by atoms with Crippen molar-refractivity contribution in [1.82, 2.24) is 14.9 Å². The first-order valence-corrected chi connectivity index (χ1v) is 8.94. The van der Waals surface area contributed by atoms with Gasteiger partial charge in [0.25, 0.3) is 0 Å². The summed E-state index contributed by atoms with van der Waals surface area (Å²) in [6, 6.07) is 9.65. The molecule has 0 radical (unpaired) electrons. The van der Waals surface area contributed by atoms with E-state index < -0.39 is 0 Å². The highest BCUT2D eigenvalue weighted by Crippen LogP contribution is 2.43. The van der Waals surface area contributed by atoms with Gasteiger partial charge in [-0.3, -0.25) is 4.90 Å². The number of aromatic nitrogens is 2. The summed E-state index contributed by atoms with van der Waals surface area (Å²) in [5, 5.41) is 0. The van der Waals surface area contributed by atoms with Gasteiger partial charge in [0.15, 0.2) is 0 Å². The van der Waals surface area contributed by atoms with E-state index in [0.717, 1.165) is 24.5 Å². The van der Waals surface area contributed by atoms with Crippen LogP contribution in [-0.4, -0.2) is 27.0 Å². The largest absolute Gasteiger partial charge is 0.491 e. The summed E-state index contributed by atoms with van der Waals surface area (Å²) in [6.07, 6.45) is 5.81. The SMILES string of the molecule is Cc1ncc2c(n1)C[C@H]1CC[C@H]2N1Cc1ccc(OC(C)C)cc1. The first kappa shape index (κ1) is 15.6. The maximum absolute atomic E-state index is 5.74. The fourth-order valence-corrected chi connectivity index (χ4v) is 4.08. The zero-order chi connectivity index (χ0) is 16.7. The second-order valence-corrected chi connectivity index (χ2v) is 7.25. The van der Waals surface area contributed by atoms with Crippen molar-refractivity contribution in [3.05, 3.63) is 53.1 Å². The molecule has 0 saturated carbocycles. The number of aryl methyl sites for hydroxylation is 1. The van der Waals surface area contributed by atoms with Gasteiger partial charge in [0.05, 0.1) is 11.8 Å². The molecular formula is C20H25N3O. The van der Waals surface area contributed by atoms with E-state index in [9.17, 15) is 0 Å². The molecule has 2 bridgehead atoms. The zero-order valence-electron chi connectivity index (χ0n) is 14.7. The Balaban J connectivity index is 1.52. The molecule has 4 heteroatoms. The van der Waals surface area contributed by atoms with Crippen LogP contribution in [0.4, 0.5) is 0 Å². The molecule has 0 spiro atoms. The highest BCUT2D eigenvalue weighted by molar-refractivity contribution is 5.31. The maximum atomic E-state index is 5.74. The summed E-state index contributed by atoms with van der Waals surface area (Å²) in [5.41, 5.74) is 3.96. The van der Waals surface area contributed by atoms with E-state index in [1.165, 1.54) is 29.7 Å². The van der Waals surface area contributed by atoms with Gasteiger partial charge >= 0.3 is 0 Å². The van der Waals surface area contributed by atoms with E-state index in [-0.39, 0.29) is 6.10 Å². The topological polar surface area (TPSA) is 38.2 Å². The maximum Gasteiger partial charge on any atom is 0.125 e. The fraction of sp³-hybridized carbons (Fsp3) is 0.500. The van der Waals surface area contributed by atoms with Crippen molar-refractivity contribution in [2.75, 3.05) is 0 Å². The molecule has 0 aliphatic carbocycles. The molecule has 1 saturated heterocycles. The number of rotatable bonds is 4. The highest BCUT2D eigenvalue weighted by atomic mass is 16.5. The number of ether oxygens (including phenoxy) is 1. The summed E-state index contributed by atoms with van der Waals surface area (Å²) >= 11 is 0. The van der Waals surface area contributed by atoms with Crippen LogP contribution in [0, 0.1) is 6.92 Å². The minimum absolute atomic E-state index is 0.216. The summed E-state index contributed by atoms with van der Waals surface area (Å²) in [5.74, 6) is 1.84. The van der Waals surface area contributed by atoms with Gasteiger partial charge in [-0.15, -0.1) is 0 Å². The monoisotopic (exact) mass is 323 g/mol. The quantitative estimate of drug-likeness (QED) is 0.857. The molecule has 0 N–H and O–H groups in total. The lowest BCUT2D eigenvalue weighted by Crippen LogP contribution is -2.37. The normalized spacial score (nSPS) is 22.7. The molecule has 1 aromatic carbocycles. The molecule has 0 unspecified atom stereocenters. The predicted molar refractivity (Wildman–Crippen MR) is 94.0 cm³/mol. The molecule has 1 aromatic heterocycles. The third kappa shape index (κ3) is 2.91. The van der Waals surface area contributed by atoms with Gasteiger partial charge in [0.2, 0.25) is 0 Å². The minimum atomic E-state index is 0.216. The van der Waals surface area contributed by atoms with Gasteiger partial charge in [-0.05, 0) is 51.3 Å². The summed E-state index contributed by atoms with van der Waals surface area (Å²) < 4.78 is 5.74. The van der Waals surface area contributed by atoms with Gasteiger partial charge in [0.1, 0.15) is 11.6 Å². The van der Waals surface area contributed by atoms with Gasteiger partial charge in [-0.25, -0.2) is 9.97 Å². The van der Waals surface area contributed by atoms with Crippen molar-refractivity contribution in [2.24, 2.45) is 0 Å². The molecule has 0 amide bonds. The molecule has 4 rings (SSSR count). The molecule has 24 heavy (non-hydrogen) atoms. The molecule has 3 heterocycles. The van der Waals surface area contributed by atoms with Crippen LogP contribution < -0.4 is 4.74 Å². The lowest BCUT2D eigenvalue weighted by atomic mass is 9.98. The Morgan fingerprint density at radius 3 is 2.75 bits per heavy atom. The van der Waals surface area contributed by atoms with Crippen LogP contribution >= 0.6 is 0 Å². The zero-order valence-corrected chi connectivity index (χ0v) is 14.7. The number of fused-ring (bicyclic) bond motifs is 4. The highest BCUT2D eigenvalue weighted by Gasteiger charge is 2.40. The van der Waals surface area contributed by atoms with E-state index in [0.29, 0.717) is 12.1 Å². The number of benzene rings is 1. The van der Waals surface area contributed by atoms with Crippen molar-refractivity contribution in [3.63, 3.8) is 0 Å². The number of hydrogen-bond donors (Lipinski definition) is 0. The van der Waals surface area contributed by atoms with Crippen LogP contribution in [0.15, 0.2) is 30.5 Å². The van der Waals surface area contributed by atoms with Crippen molar-refractivity contribution in [2.45, 2.75) is 64.8 Å². The van der Waals surface area contributed by atoms with Crippen LogP contribution in [0.5, 0.6) is 5.75 Å². The molecule has 2 aliphatic heterocycles. The van der Waals surface area contributed by atoms with Gasteiger partial charge in [0, 0.05) is 36.8 Å². The van der Waals surface area contributed by atoms with Crippen molar-refractivity contribution < 1.29 is 4.74 Å². The minimum Gasteiger partial charge on any atom is -0.491 e. The smallest absolute Gasteiger partial charge is 0.125 e. The summed E-state index contributed by atoms with van der Waals surface area (Å²) in [4.78, 5) is 11.8. The van der Waals surface area contributed by atoms with Gasteiger partial charge in [-0.2, -0.15) is 0 Å². The Kier molecular flexibility index (Phi) is 4.01. The van der Waals surface area contributed by atoms with Crippen LogP contribution in [0.2, 0.25) is 0 Å². The number of nitrogens with zero attached hydrogens (tertiary/aromatic N) is 3. The average Bonchev–Trinajstić information content (AvgIpc) is 2.82. The van der Waals surface area contributed by atoms with E-state index in [4.69, 9.17) is 4.74 Å². The van der Waals surface area contributed by atoms with Crippen LogP contribution in [0.3, 0.4) is 0 Å². The second-order valence-electron chi connectivity index (χ2n) is 7.25. The van der Waals surface area contributed by atoms with Crippen LogP contribution in [0.25, 0.3) is 0 Å². The summed E-state index contributed by atoms with van der Waals surface area (Å²) in [7, 11) is 0. The van der Waals surface area contributed by atoms with Crippen molar-refractivity contribution in [1.29, 1.82) is 0 Å². The third-order valence-corrected chi connectivity index (χ3v) is 5.11. The molecule has 126 valence electrons. The van der Waals surface area contributed by atoms with Crippen LogP contribution in [-0.2, 0) is 13.0 Å². The fourth-order valence-electron chi connectivity index (χ4n) is 4.08. The van der Waals surface area contributed by atoms with E-state index in [1.807, 2.05) is 6.92 Å². The first-order valence-electron chi connectivity index (χ1n) is 8.94. The third-order valence-electron chi connectivity index (χ3n) is 5.11. The lowest BCUT2D eigenvalue weighted by molar-refractivity contribution is 0.166. The molecule has 2 atom stereocenters. The van der Waals surface area contributed by atoms with Crippen molar-refractivity contribution >= 4 is 0 Å². The second kappa shape index (κ2) is 6.17. The van der Waals surface area contributed by atoms with Crippen molar-refractivity contribution in [3.8, 4) is 5.75 Å². The lowest BCUT2D eigenvalue weighted by Gasteiger charge is -2.35. The molecule has 1 fully saturated rings. The molecular weight excluding hydrogens is 298 g/mol. The standard InChI is InChI=1S/C20H25N3O/c1-13(2)24-17-7-4-15(5-8-17)12-23-16-6-9-20(23)18-11-21-14(3)22-19(18)10-16/h4-5,7-8,11,13,16,20H,6,9-10,12H2,1-3H3/t16-,20-/m1/s1. The number of hydrogen-bond acceptors (Lipinski definition) is 4. The van der Waals surface area contributed by atoms with Gasteiger partial charge in [-0.1, -0.05) is 12.1 Å². The predicted octanol–water partition coefficient (Wildman–Crippen LogP) is 3.83. The summed E-state index contributed by atoms with van der Waals surface area (Å²) in [6.45, 7) is 7.08. The Hall–Kier alpha value is -1.94. The Labute approximate surface area is 143 Å². The molecule has 4 nitrogen and oxygen atoms in total. The van der Waals surface area contributed by atoms with E-state index >= 15 is 0 Å². The Bertz CT molecular complexity index is 726. The Morgan fingerprint density at radius 2 is 2.00 bits per heavy atom. The van der Waals surface area contributed by atoms with E-state index in [1.54, 1.807) is 0 Å². The first-order chi connectivity index (χ1) is 11.6.